The van der Waals surface area contributed by atoms with E-state index in [0.29, 0.717) is 44.1 Å². The molecular weight excluding hydrogens is 400 g/mol. The Bertz CT molecular complexity index is 982. The van der Waals surface area contributed by atoms with E-state index in [4.69, 9.17) is 23.1 Å². The number of carbonyl (C=O) groups excluding carboxylic acids is 2. The first kappa shape index (κ1) is 18.9. The zero-order chi connectivity index (χ0) is 20.6. The van der Waals surface area contributed by atoms with Crippen LogP contribution in [0.5, 0.6) is 0 Å². The van der Waals surface area contributed by atoms with Gasteiger partial charge in [-0.05, 0) is 12.8 Å². The molecule has 2 aromatic rings. The quantitative estimate of drug-likeness (QED) is 0.424. The second kappa shape index (κ2) is 7.20. The highest BCUT2D eigenvalue weighted by atomic mass is 35.5. The summed E-state index contributed by atoms with van der Waals surface area (Å²) < 4.78 is 0. The lowest BCUT2D eigenvalue weighted by atomic mass is 9.88. The molecule has 0 atom stereocenters. The summed E-state index contributed by atoms with van der Waals surface area (Å²) in [4.78, 5) is 45.0. The van der Waals surface area contributed by atoms with E-state index < -0.39 is 5.91 Å². The van der Waals surface area contributed by atoms with E-state index in [1.54, 1.807) is 11.1 Å². The third kappa shape index (κ3) is 3.66. The number of aromatic nitrogens is 4. The standard InChI is InChI=1S/C16H19ClN10O2/c17-10-12(19)24-11(18)9(23-10)13(28)25-15-21-6-16(26-15)1-3-27(4-2-16)14(29)8-5-20-7-22-8/h5,7H,1-4,6H2,(H,20,22)(H4,18,19,24)(H2,21,25,26,28). The maximum Gasteiger partial charge on any atom is 0.302 e. The number of guanidine groups is 1. The number of anilines is 2. The number of imidazole rings is 1. The number of nitrogen functional groups attached to an aromatic ring is 2. The number of hydrogen-bond acceptors (Lipinski definition) is 7. The van der Waals surface area contributed by atoms with E-state index in [2.05, 4.69) is 35.6 Å². The summed E-state index contributed by atoms with van der Waals surface area (Å²) in [7, 11) is 0. The van der Waals surface area contributed by atoms with Crippen molar-refractivity contribution >= 4 is 41.0 Å². The fraction of sp³-hybridized carbons (Fsp3) is 0.375. The summed E-state index contributed by atoms with van der Waals surface area (Å²) in [6, 6.07) is 0. The minimum Gasteiger partial charge on any atom is -0.382 e. The van der Waals surface area contributed by atoms with Crippen molar-refractivity contribution in [2.45, 2.75) is 18.4 Å². The van der Waals surface area contributed by atoms with Crippen LogP contribution >= 0.6 is 11.6 Å². The van der Waals surface area contributed by atoms with Crippen molar-refractivity contribution in [3.05, 3.63) is 29.1 Å². The zero-order valence-corrected chi connectivity index (χ0v) is 16.0. The molecule has 0 radical (unpaired) electrons. The van der Waals surface area contributed by atoms with Crippen molar-refractivity contribution in [2.75, 3.05) is 31.1 Å². The molecule has 2 aliphatic heterocycles. The lowest BCUT2D eigenvalue weighted by molar-refractivity contribution is 0.0663. The molecule has 152 valence electrons. The summed E-state index contributed by atoms with van der Waals surface area (Å²) >= 11 is 5.81. The summed E-state index contributed by atoms with van der Waals surface area (Å²) in [5.41, 5.74) is 11.2. The van der Waals surface area contributed by atoms with Gasteiger partial charge in [-0.25, -0.2) is 15.0 Å². The molecule has 2 amide bonds. The number of amides is 2. The second-order valence-electron chi connectivity index (χ2n) is 6.90. The van der Waals surface area contributed by atoms with Crippen molar-refractivity contribution < 1.29 is 9.59 Å². The largest absolute Gasteiger partial charge is 0.382 e. The summed E-state index contributed by atoms with van der Waals surface area (Å²) in [5, 5.41) is 6.23. The molecule has 0 saturated carbocycles. The van der Waals surface area contributed by atoms with Gasteiger partial charge in [-0.2, -0.15) is 4.99 Å². The van der Waals surface area contributed by atoms with Crippen LogP contribution < -0.4 is 22.1 Å². The molecule has 1 spiro atoms. The van der Waals surface area contributed by atoms with Gasteiger partial charge in [-0.3, -0.25) is 9.59 Å². The topological polar surface area (TPSA) is 180 Å². The van der Waals surface area contributed by atoms with Crippen LogP contribution in [0.2, 0.25) is 5.15 Å². The van der Waals surface area contributed by atoms with E-state index in [0.717, 1.165) is 0 Å². The molecule has 2 saturated heterocycles. The van der Waals surface area contributed by atoms with Crippen LogP contribution in [0.15, 0.2) is 17.5 Å². The van der Waals surface area contributed by atoms with Crippen LogP contribution in [0.3, 0.4) is 0 Å². The first-order valence-corrected chi connectivity index (χ1v) is 9.26. The molecule has 2 aliphatic rings. The number of nitrogens with two attached hydrogens (primary N) is 2. The molecule has 4 heterocycles. The number of halogens is 1. The van der Waals surface area contributed by atoms with Gasteiger partial charge >= 0.3 is 5.91 Å². The van der Waals surface area contributed by atoms with Crippen molar-refractivity contribution in [3.63, 3.8) is 0 Å². The third-order valence-electron chi connectivity index (χ3n) is 5.02. The van der Waals surface area contributed by atoms with Gasteiger partial charge in [0.1, 0.15) is 5.69 Å². The maximum absolute atomic E-state index is 12.4. The average Bonchev–Trinajstić information content (AvgIpc) is 3.36. The van der Waals surface area contributed by atoms with E-state index in [1.807, 2.05) is 0 Å². The number of rotatable bonds is 2. The number of nitrogens with one attached hydrogen (secondary N) is 3. The average molecular weight is 419 g/mol. The van der Waals surface area contributed by atoms with Crippen LogP contribution in [-0.2, 0) is 0 Å². The highest BCUT2D eigenvalue weighted by Crippen LogP contribution is 2.25. The Balaban J connectivity index is 1.41. The van der Waals surface area contributed by atoms with Crippen molar-refractivity contribution in [1.82, 2.24) is 35.5 Å². The molecule has 7 N–H and O–H groups in total. The van der Waals surface area contributed by atoms with Crippen LogP contribution in [0.4, 0.5) is 11.6 Å². The van der Waals surface area contributed by atoms with Gasteiger partial charge < -0.3 is 32.0 Å². The van der Waals surface area contributed by atoms with Gasteiger partial charge in [0, 0.05) is 25.8 Å². The van der Waals surface area contributed by atoms with Crippen molar-refractivity contribution in [1.29, 1.82) is 0 Å². The monoisotopic (exact) mass is 418 g/mol. The number of nitrogens with zero attached hydrogens (tertiary/aromatic N) is 5. The molecule has 0 aromatic carbocycles. The lowest BCUT2D eigenvalue weighted by Gasteiger charge is -2.38. The second-order valence-corrected chi connectivity index (χ2v) is 7.26. The number of aliphatic imine (C=N–C) groups is 1. The Morgan fingerprint density at radius 2 is 1.97 bits per heavy atom. The molecule has 29 heavy (non-hydrogen) atoms. The van der Waals surface area contributed by atoms with Gasteiger partial charge in [0.15, 0.2) is 28.4 Å². The Morgan fingerprint density at radius 3 is 2.66 bits per heavy atom. The Morgan fingerprint density at radius 1 is 1.21 bits per heavy atom. The Kier molecular flexibility index (Phi) is 4.70. The van der Waals surface area contributed by atoms with Gasteiger partial charge in [0.05, 0.1) is 11.9 Å². The number of likely N-dealkylation sites (tertiary alicyclic amines) is 1. The molecular formula is C16H19ClN10O2. The van der Waals surface area contributed by atoms with Gasteiger partial charge in [-0.1, -0.05) is 11.6 Å². The van der Waals surface area contributed by atoms with Gasteiger partial charge in [0.25, 0.3) is 5.91 Å². The number of aromatic amines is 1. The van der Waals surface area contributed by atoms with E-state index >= 15 is 0 Å². The third-order valence-corrected chi connectivity index (χ3v) is 5.30. The minimum absolute atomic E-state index is 0.0550. The first-order valence-electron chi connectivity index (χ1n) is 8.88. The highest BCUT2D eigenvalue weighted by Gasteiger charge is 2.41. The van der Waals surface area contributed by atoms with Crippen LogP contribution in [-0.4, -0.2) is 67.8 Å². The number of hydrogen-bond donors (Lipinski definition) is 5. The van der Waals surface area contributed by atoms with Gasteiger partial charge in [-0.15, -0.1) is 0 Å². The summed E-state index contributed by atoms with van der Waals surface area (Å²) in [6.45, 7) is 1.70. The molecule has 2 aromatic heterocycles. The van der Waals surface area contributed by atoms with Crippen LogP contribution in [0.1, 0.15) is 33.8 Å². The number of piperidine rings is 1. The van der Waals surface area contributed by atoms with Gasteiger partial charge in [0.2, 0.25) is 0 Å². The van der Waals surface area contributed by atoms with E-state index in [9.17, 15) is 9.59 Å². The predicted octanol–water partition coefficient (Wildman–Crippen LogP) is -0.618. The van der Waals surface area contributed by atoms with Crippen LogP contribution in [0, 0.1) is 0 Å². The van der Waals surface area contributed by atoms with E-state index in [1.165, 1.54) is 6.33 Å². The zero-order valence-electron chi connectivity index (χ0n) is 15.3. The minimum atomic E-state index is -0.685. The Hall–Kier alpha value is -3.41. The molecule has 0 unspecified atom stereocenters. The van der Waals surface area contributed by atoms with E-state index in [-0.39, 0.29) is 33.9 Å². The summed E-state index contributed by atoms with van der Waals surface area (Å²) in [6.07, 6.45) is 4.45. The lowest BCUT2D eigenvalue weighted by Crippen LogP contribution is -2.53. The molecule has 4 rings (SSSR count). The van der Waals surface area contributed by atoms with Crippen LogP contribution in [0.25, 0.3) is 0 Å². The predicted molar refractivity (Wildman–Crippen MR) is 105 cm³/mol. The molecule has 0 bridgehead atoms. The maximum atomic E-state index is 12.4. The smallest absolute Gasteiger partial charge is 0.302 e. The Labute approximate surface area is 170 Å². The normalized spacial score (nSPS) is 19.2. The number of carbonyl (C=O) groups is 2. The first-order chi connectivity index (χ1) is 13.9. The van der Waals surface area contributed by atoms with Crippen molar-refractivity contribution in [3.8, 4) is 0 Å². The fourth-order valence-electron chi connectivity index (χ4n) is 3.39. The molecule has 13 heteroatoms. The molecule has 12 nitrogen and oxygen atoms in total. The van der Waals surface area contributed by atoms with Crippen molar-refractivity contribution in [2.24, 2.45) is 4.99 Å². The molecule has 0 aliphatic carbocycles. The molecule has 2 fully saturated rings. The summed E-state index contributed by atoms with van der Waals surface area (Å²) in [5.74, 6) is -0.670. The SMILES string of the molecule is Nc1nc(N)c(C(=O)/N=C2\NCC3(CCN(C(=O)c4c[nH]cn4)CC3)N2)nc1Cl. The fourth-order valence-corrected chi connectivity index (χ4v) is 3.52. The number of H-pyrrole nitrogens is 1. The highest BCUT2D eigenvalue weighted by molar-refractivity contribution is 6.31.